The number of carboxylic acid groups (broad SMARTS) is 1. The Hall–Kier alpha value is -3.46. The number of alkyl halides is 3. The first kappa shape index (κ1) is 22.2. The number of carbonyl (C=O) groups is 1. The molecular formula is C19H16F3N3O5S. The third-order valence-corrected chi connectivity index (χ3v) is 6.25. The molecule has 31 heavy (non-hydrogen) atoms. The Labute approximate surface area is 175 Å². The second kappa shape index (κ2) is 8.35. The Balaban J connectivity index is 2.09. The zero-order valence-corrected chi connectivity index (χ0v) is 16.6. The molecule has 2 aromatic rings. The van der Waals surface area contributed by atoms with Crippen LogP contribution in [0.1, 0.15) is 18.4 Å². The molecule has 0 saturated heterocycles. The molecule has 1 aliphatic rings. The summed E-state index contributed by atoms with van der Waals surface area (Å²) in [6.07, 6.45) is -6.56. The largest absolute Gasteiger partial charge is 0.486 e. The second-order valence-electron chi connectivity index (χ2n) is 6.61. The van der Waals surface area contributed by atoms with Gasteiger partial charge in [0.05, 0.1) is 28.8 Å². The van der Waals surface area contributed by atoms with E-state index in [4.69, 9.17) is 15.1 Å². The van der Waals surface area contributed by atoms with Crippen LogP contribution in [0.5, 0.6) is 5.75 Å². The zero-order valence-electron chi connectivity index (χ0n) is 15.8. The minimum absolute atomic E-state index is 0.0307. The molecule has 1 aliphatic heterocycles. The van der Waals surface area contributed by atoms with Crippen LogP contribution in [0.25, 0.3) is 0 Å². The fourth-order valence-corrected chi connectivity index (χ4v) is 4.62. The smallest absolute Gasteiger partial charge is 0.416 e. The molecule has 2 N–H and O–H groups in total. The molecular weight excluding hydrogens is 439 g/mol. The van der Waals surface area contributed by atoms with Crippen molar-refractivity contribution in [3.05, 3.63) is 48.0 Å². The Kier molecular flexibility index (Phi) is 5.99. The summed E-state index contributed by atoms with van der Waals surface area (Å²) in [5.41, 5.74) is -1.10. The number of fused-ring (bicyclic) bond motifs is 1. The van der Waals surface area contributed by atoms with Crippen LogP contribution < -0.4 is 14.4 Å². The number of nitriles is 1. The van der Waals surface area contributed by atoms with E-state index in [1.165, 1.54) is 18.2 Å². The third-order valence-electron chi connectivity index (χ3n) is 4.47. The van der Waals surface area contributed by atoms with Crippen molar-refractivity contribution in [2.45, 2.75) is 30.0 Å². The fraction of sp³-hybridized carbons (Fsp3) is 0.263. The van der Waals surface area contributed by atoms with E-state index in [1.807, 2.05) is 6.07 Å². The van der Waals surface area contributed by atoms with Crippen molar-refractivity contribution >= 4 is 27.5 Å². The minimum Gasteiger partial charge on any atom is -0.486 e. The quantitative estimate of drug-likeness (QED) is 0.702. The molecule has 1 heterocycles. The highest BCUT2D eigenvalue weighted by atomic mass is 32.2. The molecule has 0 saturated carbocycles. The van der Waals surface area contributed by atoms with Gasteiger partial charge in [-0.05, 0) is 42.8 Å². The lowest BCUT2D eigenvalue weighted by molar-refractivity contribution is -0.137. The van der Waals surface area contributed by atoms with Gasteiger partial charge in [-0.2, -0.15) is 18.4 Å². The van der Waals surface area contributed by atoms with Gasteiger partial charge in [0.25, 0.3) is 10.0 Å². The van der Waals surface area contributed by atoms with Crippen molar-refractivity contribution in [1.82, 2.24) is 0 Å². The van der Waals surface area contributed by atoms with Crippen molar-refractivity contribution in [1.29, 1.82) is 5.26 Å². The summed E-state index contributed by atoms with van der Waals surface area (Å²) in [5, 5.41) is 19.8. The molecule has 0 radical (unpaired) electrons. The van der Waals surface area contributed by atoms with Gasteiger partial charge in [-0.25, -0.2) is 13.2 Å². The molecule has 164 valence electrons. The molecule has 0 bridgehead atoms. The average Bonchev–Trinajstić information content (AvgIpc) is 2.70. The van der Waals surface area contributed by atoms with Gasteiger partial charge in [0.2, 0.25) is 0 Å². The number of sulfonamides is 1. The maximum absolute atomic E-state index is 13.3. The Morgan fingerprint density at radius 1 is 1.29 bits per heavy atom. The number of anilines is 2. The SMILES string of the molecule is N#CCCC1CN(S(=O)(=O)c2cccc(C(F)(F)F)c2)c2cc(NC(=O)O)ccc2O1. The number of rotatable bonds is 5. The average molecular weight is 455 g/mol. The second-order valence-corrected chi connectivity index (χ2v) is 8.47. The normalized spacial score (nSPS) is 16.1. The number of hydrogen-bond acceptors (Lipinski definition) is 5. The summed E-state index contributed by atoms with van der Waals surface area (Å²) < 4.78 is 72.4. The van der Waals surface area contributed by atoms with Crippen molar-refractivity contribution in [3.63, 3.8) is 0 Å². The summed E-state index contributed by atoms with van der Waals surface area (Å²) in [5.74, 6) is 0.0979. The predicted molar refractivity (Wildman–Crippen MR) is 103 cm³/mol. The van der Waals surface area contributed by atoms with Gasteiger partial charge < -0.3 is 9.84 Å². The van der Waals surface area contributed by atoms with E-state index in [2.05, 4.69) is 5.32 Å². The number of nitrogens with one attached hydrogen (secondary N) is 1. The summed E-state index contributed by atoms with van der Waals surface area (Å²) in [6.45, 7) is -0.260. The number of halogens is 3. The van der Waals surface area contributed by atoms with Crippen LogP contribution in [0.2, 0.25) is 0 Å². The molecule has 1 atom stereocenters. The zero-order chi connectivity index (χ0) is 22.8. The number of hydrogen-bond donors (Lipinski definition) is 2. The molecule has 3 rings (SSSR count). The Bertz CT molecular complexity index is 1150. The molecule has 0 aromatic heterocycles. The van der Waals surface area contributed by atoms with E-state index in [1.54, 1.807) is 0 Å². The summed E-state index contributed by atoms with van der Waals surface area (Å²) in [7, 11) is -4.47. The first-order valence-electron chi connectivity index (χ1n) is 8.90. The van der Waals surface area contributed by atoms with E-state index >= 15 is 0 Å². The summed E-state index contributed by atoms with van der Waals surface area (Å²) >= 11 is 0. The lowest BCUT2D eigenvalue weighted by Crippen LogP contribution is -2.43. The van der Waals surface area contributed by atoms with E-state index in [0.29, 0.717) is 6.07 Å². The topological polar surface area (TPSA) is 120 Å². The number of benzene rings is 2. The number of nitrogens with zero attached hydrogens (tertiary/aromatic N) is 2. The highest BCUT2D eigenvalue weighted by Gasteiger charge is 2.37. The number of amides is 1. The lowest BCUT2D eigenvalue weighted by Gasteiger charge is -2.35. The van der Waals surface area contributed by atoms with Gasteiger partial charge in [-0.15, -0.1) is 0 Å². The van der Waals surface area contributed by atoms with Crippen LogP contribution in [-0.4, -0.2) is 32.3 Å². The molecule has 1 unspecified atom stereocenters. The van der Waals surface area contributed by atoms with Gasteiger partial charge >= 0.3 is 12.3 Å². The van der Waals surface area contributed by atoms with Crippen LogP contribution in [0, 0.1) is 11.3 Å². The minimum atomic E-state index is -4.73. The molecule has 8 nitrogen and oxygen atoms in total. The fourth-order valence-electron chi connectivity index (χ4n) is 3.08. The third kappa shape index (κ3) is 4.83. The standard InChI is InChI=1S/C19H16F3N3O5S/c20-19(21,22)12-3-1-5-15(9-12)31(28,29)25-11-14(4-2-8-23)30-17-7-6-13(10-16(17)25)24-18(26)27/h1,3,5-7,9-10,14,24H,2,4,11H2,(H,26,27). The van der Waals surface area contributed by atoms with Crippen LogP contribution in [0.4, 0.5) is 29.3 Å². The summed E-state index contributed by atoms with van der Waals surface area (Å²) in [4.78, 5) is 10.3. The Morgan fingerprint density at radius 2 is 2.03 bits per heavy atom. The highest BCUT2D eigenvalue weighted by molar-refractivity contribution is 7.92. The Morgan fingerprint density at radius 3 is 2.68 bits per heavy atom. The van der Waals surface area contributed by atoms with Crippen LogP contribution in [0.15, 0.2) is 47.4 Å². The van der Waals surface area contributed by atoms with Crippen LogP contribution >= 0.6 is 0 Å². The maximum Gasteiger partial charge on any atom is 0.416 e. The van der Waals surface area contributed by atoms with E-state index in [9.17, 15) is 26.4 Å². The molecule has 2 aromatic carbocycles. The highest BCUT2D eigenvalue weighted by Crippen LogP contribution is 2.40. The van der Waals surface area contributed by atoms with E-state index in [0.717, 1.165) is 22.5 Å². The molecule has 0 fully saturated rings. The van der Waals surface area contributed by atoms with Gasteiger partial charge in [0.15, 0.2) is 0 Å². The first-order chi connectivity index (χ1) is 14.5. The van der Waals surface area contributed by atoms with E-state index in [-0.39, 0.29) is 36.5 Å². The molecule has 0 spiro atoms. The summed E-state index contributed by atoms with van der Waals surface area (Å²) in [6, 6.07) is 9.19. The van der Waals surface area contributed by atoms with Crippen molar-refractivity contribution in [2.24, 2.45) is 0 Å². The van der Waals surface area contributed by atoms with Gasteiger partial charge in [0, 0.05) is 12.1 Å². The number of ether oxygens (including phenoxy) is 1. The molecule has 0 aliphatic carbocycles. The van der Waals surface area contributed by atoms with Crippen LogP contribution in [0.3, 0.4) is 0 Å². The van der Waals surface area contributed by atoms with Gasteiger partial charge in [0.1, 0.15) is 11.9 Å². The van der Waals surface area contributed by atoms with Crippen molar-refractivity contribution < 1.29 is 36.2 Å². The van der Waals surface area contributed by atoms with Crippen LogP contribution in [-0.2, 0) is 16.2 Å². The lowest BCUT2D eigenvalue weighted by atomic mass is 10.1. The predicted octanol–water partition coefficient (Wildman–Crippen LogP) is 4.06. The van der Waals surface area contributed by atoms with Gasteiger partial charge in [-0.1, -0.05) is 6.07 Å². The molecule has 1 amide bonds. The first-order valence-corrected chi connectivity index (χ1v) is 10.3. The van der Waals surface area contributed by atoms with E-state index < -0.39 is 38.9 Å². The molecule has 12 heteroatoms. The maximum atomic E-state index is 13.3. The van der Waals surface area contributed by atoms with Crippen molar-refractivity contribution in [2.75, 3.05) is 16.2 Å². The van der Waals surface area contributed by atoms with Gasteiger partial charge in [-0.3, -0.25) is 9.62 Å². The monoisotopic (exact) mass is 455 g/mol. The van der Waals surface area contributed by atoms with Crippen molar-refractivity contribution in [3.8, 4) is 11.8 Å².